The number of benzene rings is 2. The molecule has 0 aliphatic rings. The molecule has 8 heteroatoms. The second-order valence-electron chi connectivity index (χ2n) is 9.52. The standard InChI is InChI=1S/C32H40O8/c1-5-30(33)38-21-11-9-7-6-8-10-20-37-27-16-14-26(15-17-27)32(35)40-28-18-12-25(22-29(28)36-4)13-19-31(34)39-23-24(2)3/h5,12-19,22,24H,1,6-11,20-21,23H2,2-4H3/b19-13+. The SMILES string of the molecule is C=CC(=O)OCCCCCCCCOc1ccc(C(=O)Oc2ccc(/C=C/C(=O)OCC(C)C)cc2OC)cc1. The van der Waals surface area contributed by atoms with Gasteiger partial charge in [-0.05, 0) is 66.8 Å². The van der Waals surface area contributed by atoms with Gasteiger partial charge in [-0.15, -0.1) is 0 Å². The fourth-order valence-corrected chi connectivity index (χ4v) is 3.51. The molecular formula is C32H40O8. The van der Waals surface area contributed by atoms with E-state index < -0.39 is 11.9 Å². The molecule has 0 amide bonds. The van der Waals surface area contributed by atoms with Crippen LogP contribution >= 0.6 is 0 Å². The second-order valence-corrected chi connectivity index (χ2v) is 9.52. The van der Waals surface area contributed by atoms with E-state index in [1.54, 1.807) is 48.5 Å². The van der Waals surface area contributed by atoms with Gasteiger partial charge in [0.2, 0.25) is 0 Å². The lowest BCUT2D eigenvalue weighted by molar-refractivity contribution is -0.139. The third-order valence-corrected chi connectivity index (χ3v) is 5.67. The van der Waals surface area contributed by atoms with Gasteiger partial charge in [-0.3, -0.25) is 0 Å². The van der Waals surface area contributed by atoms with Gasteiger partial charge in [-0.1, -0.05) is 52.2 Å². The smallest absolute Gasteiger partial charge is 0.343 e. The van der Waals surface area contributed by atoms with E-state index in [0.717, 1.165) is 38.5 Å². The maximum Gasteiger partial charge on any atom is 0.343 e. The molecule has 0 N–H and O–H groups in total. The Hall–Kier alpha value is -4.07. The lowest BCUT2D eigenvalue weighted by Gasteiger charge is -2.11. The average Bonchev–Trinajstić information content (AvgIpc) is 2.96. The van der Waals surface area contributed by atoms with E-state index in [4.69, 9.17) is 23.7 Å². The fourth-order valence-electron chi connectivity index (χ4n) is 3.51. The van der Waals surface area contributed by atoms with Gasteiger partial charge in [0.25, 0.3) is 0 Å². The zero-order valence-electron chi connectivity index (χ0n) is 23.7. The summed E-state index contributed by atoms with van der Waals surface area (Å²) in [5.41, 5.74) is 1.08. The molecular weight excluding hydrogens is 512 g/mol. The number of hydrogen-bond donors (Lipinski definition) is 0. The molecule has 0 fully saturated rings. The molecule has 2 rings (SSSR count). The van der Waals surface area contributed by atoms with Gasteiger partial charge in [0, 0.05) is 12.2 Å². The van der Waals surface area contributed by atoms with Crippen molar-refractivity contribution in [2.24, 2.45) is 5.92 Å². The predicted molar refractivity (Wildman–Crippen MR) is 154 cm³/mol. The Morgan fingerprint density at radius 1 is 0.825 bits per heavy atom. The number of methoxy groups -OCH3 is 1. The molecule has 0 saturated carbocycles. The number of esters is 3. The maximum absolute atomic E-state index is 12.7. The van der Waals surface area contributed by atoms with Crippen molar-refractivity contribution in [2.75, 3.05) is 26.9 Å². The van der Waals surface area contributed by atoms with Crippen molar-refractivity contribution in [1.82, 2.24) is 0 Å². The van der Waals surface area contributed by atoms with Crippen molar-refractivity contribution in [3.05, 3.63) is 72.3 Å². The van der Waals surface area contributed by atoms with Crippen LogP contribution < -0.4 is 14.2 Å². The normalized spacial score (nSPS) is 10.8. The molecule has 0 bridgehead atoms. The van der Waals surface area contributed by atoms with E-state index >= 15 is 0 Å². The summed E-state index contributed by atoms with van der Waals surface area (Å²) in [6.45, 7) is 8.68. The third kappa shape index (κ3) is 12.7. The van der Waals surface area contributed by atoms with Crippen LogP contribution in [0, 0.1) is 5.92 Å². The van der Waals surface area contributed by atoms with Crippen LogP contribution in [0.2, 0.25) is 0 Å². The van der Waals surface area contributed by atoms with Gasteiger partial charge in [-0.2, -0.15) is 0 Å². The summed E-state index contributed by atoms with van der Waals surface area (Å²) in [4.78, 5) is 35.4. The molecule has 0 unspecified atom stereocenters. The Bertz CT molecular complexity index is 1120. The Balaban J connectivity index is 1.74. The number of ether oxygens (including phenoxy) is 5. The molecule has 0 atom stereocenters. The molecule has 40 heavy (non-hydrogen) atoms. The van der Waals surface area contributed by atoms with Crippen molar-refractivity contribution >= 4 is 24.0 Å². The summed E-state index contributed by atoms with van der Waals surface area (Å²) in [6, 6.07) is 11.8. The summed E-state index contributed by atoms with van der Waals surface area (Å²) >= 11 is 0. The molecule has 0 spiro atoms. The highest BCUT2D eigenvalue weighted by atomic mass is 16.6. The van der Waals surface area contributed by atoms with Crippen LogP contribution in [0.1, 0.15) is 68.3 Å². The highest BCUT2D eigenvalue weighted by Crippen LogP contribution is 2.29. The van der Waals surface area contributed by atoms with E-state index in [1.165, 1.54) is 19.3 Å². The summed E-state index contributed by atoms with van der Waals surface area (Å²) in [7, 11) is 1.48. The first-order valence-corrected chi connectivity index (χ1v) is 13.6. The molecule has 0 aliphatic carbocycles. The Kier molecular flexibility index (Phi) is 14.7. The first-order valence-electron chi connectivity index (χ1n) is 13.6. The van der Waals surface area contributed by atoms with E-state index in [-0.39, 0.29) is 17.6 Å². The van der Waals surface area contributed by atoms with Crippen molar-refractivity contribution in [3.8, 4) is 17.2 Å². The highest BCUT2D eigenvalue weighted by Gasteiger charge is 2.13. The summed E-state index contributed by atoms with van der Waals surface area (Å²) in [5, 5.41) is 0. The monoisotopic (exact) mass is 552 g/mol. The fraction of sp³-hybridized carbons (Fsp3) is 0.406. The molecule has 216 valence electrons. The lowest BCUT2D eigenvalue weighted by atomic mass is 10.1. The highest BCUT2D eigenvalue weighted by molar-refractivity contribution is 5.91. The molecule has 8 nitrogen and oxygen atoms in total. The predicted octanol–water partition coefficient (Wildman–Crippen LogP) is 6.58. The van der Waals surface area contributed by atoms with Crippen LogP contribution in [-0.4, -0.2) is 44.8 Å². The van der Waals surface area contributed by atoms with Crippen LogP contribution in [-0.2, 0) is 19.1 Å². The maximum atomic E-state index is 12.7. The average molecular weight is 553 g/mol. The van der Waals surface area contributed by atoms with Crippen molar-refractivity contribution in [1.29, 1.82) is 0 Å². The molecule has 0 heterocycles. The van der Waals surface area contributed by atoms with Crippen LogP contribution in [0.4, 0.5) is 0 Å². The number of carbonyl (C=O) groups excluding carboxylic acids is 3. The minimum Gasteiger partial charge on any atom is -0.494 e. The Labute approximate surface area is 236 Å². The van der Waals surface area contributed by atoms with Gasteiger partial charge in [-0.25, -0.2) is 14.4 Å². The number of hydrogen-bond acceptors (Lipinski definition) is 8. The summed E-state index contributed by atoms with van der Waals surface area (Å²) < 4.78 is 26.8. The van der Waals surface area contributed by atoms with Crippen LogP contribution in [0.3, 0.4) is 0 Å². The third-order valence-electron chi connectivity index (χ3n) is 5.67. The molecule has 2 aromatic carbocycles. The topological polar surface area (TPSA) is 97.4 Å². The van der Waals surface area contributed by atoms with Crippen molar-refractivity contribution in [3.63, 3.8) is 0 Å². The summed E-state index contributed by atoms with van der Waals surface area (Å²) in [6.07, 6.45) is 10.2. The first kappa shape index (κ1) is 32.1. The Morgan fingerprint density at radius 2 is 1.50 bits per heavy atom. The number of rotatable bonds is 18. The quantitative estimate of drug-likeness (QED) is 0.0886. The zero-order chi connectivity index (χ0) is 29.2. The molecule has 0 aliphatic heterocycles. The lowest BCUT2D eigenvalue weighted by Crippen LogP contribution is -2.09. The van der Waals surface area contributed by atoms with Crippen molar-refractivity contribution < 1.29 is 38.1 Å². The first-order chi connectivity index (χ1) is 19.3. The minimum absolute atomic E-state index is 0.260. The molecule has 0 aromatic heterocycles. The van der Waals surface area contributed by atoms with Gasteiger partial charge in [0.05, 0.1) is 32.5 Å². The van der Waals surface area contributed by atoms with Crippen LogP contribution in [0.5, 0.6) is 17.2 Å². The molecule has 0 radical (unpaired) electrons. The molecule has 2 aromatic rings. The van der Waals surface area contributed by atoms with Crippen molar-refractivity contribution in [2.45, 2.75) is 52.4 Å². The number of unbranched alkanes of at least 4 members (excludes halogenated alkanes) is 5. The van der Waals surface area contributed by atoms with Gasteiger partial charge >= 0.3 is 17.9 Å². The van der Waals surface area contributed by atoms with Crippen LogP contribution in [0.25, 0.3) is 6.08 Å². The zero-order valence-corrected chi connectivity index (χ0v) is 23.7. The largest absolute Gasteiger partial charge is 0.494 e. The number of carbonyl (C=O) groups is 3. The van der Waals surface area contributed by atoms with E-state index in [2.05, 4.69) is 6.58 Å². The van der Waals surface area contributed by atoms with E-state index in [9.17, 15) is 14.4 Å². The van der Waals surface area contributed by atoms with Gasteiger partial charge in [0.15, 0.2) is 11.5 Å². The van der Waals surface area contributed by atoms with E-state index in [0.29, 0.717) is 42.4 Å². The van der Waals surface area contributed by atoms with Gasteiger partial charge < -0.3 is 23.7 Å². The Morgan fingerprint density at radius 3 is 2.15 bits per heavy atom. The summed E-state index contributed by atoms with van der Waals surface area (Å²) in [5.74, 6) is 0.253. The minimum atomic E-state index is -0.523. The van der Waals surface area contributed by atoms with Crippen LogP contribution in [0.15, 0.2) is 61.2 Å². The van der Waals surface area contributed by atoms with E-state index in [1.807, 2.05) is 13.8 Å². The second kappa shape index (κ2) is 18.3. The van der Waals surface area contributed by atoms with Gasteiger partial charge in [0.1, 0.15) is 5.75 Å². The molecule has 0 saturated heterocycles.